The van der Waals surface area contributed by atoms with Crippen LogP contribution in [0.5, 0.6) is 0 Å². The number of nitriles is 1. The first kappa shape index (κ1) is 15.3. The lowest BCUT2D eigenvalue weighted by molar-refractivity contribution is -0.129. The van der Waals surface area contributed by atoms with Gasteiger partial charge in [-0.1, -0.05) is 26.7 Å². The summed E-state index contributed by atoms with van der Waals surface area (Å²) in [7, 11) is 0. The number of nitrogens with zero attached hydrogens (tertiary/aromatic N) is 2. The van der Waals surface area contributed by atoms with Crippen LogP contribution in [0, 0.1) is 16.7 Å². The molecule has 2 saturated heterocycles. The molecule has 2 aliphatic heterocycles. The van der Waals surface area contributed by atoms with Crippen molar-refractivity contribution >= 4 is 5.91 Å². The summed E-state index contributed by atoms with van der Waals surface area (Å²) >= 11 is 0. The van der Waals surface area contributed by atoms with E-state index in [1.54, 1.807) is 0 Å². The average molecular weight is 277 g/mol. The zero-order valence-electron chi connectivity index (χ0n) is 12.8. The Kier molecular flexibility index (Phi) is 5.04. The molecule has 2 heterocycles. The van der Waals surface area contributed by atoms with E-state index in [1.807, 2.05) is 13.8 Å². The Morgan fingerprint density at radius 1 is 1.30 bits per heavy atom. The standard InChI is InChI=1S/C16H27N3O/c1-3-8-16(12-17,9-4-2)15(20)18-13-7-11-19-10-5-6-14(13)19/h13-14H,3-11H2,1-2H3,(H,18,20). The maximum Gasteiger partial charge on any atom is 0.240 e. The maximum atomic E-state index is 12.7. The third-order valence-electron chi connectivity index (χ3n) is 4.92. The van der Waals surface area contributed by atoms with Crippen molar-refractivity contribution in [1.29, 1.82) is 5.26 Å². The molecule has 4 nitrogen and oxygen atoms in total. The number of carbonyl (C=O) groups excluding carboxylic acids is 1. The van der Waals surface area contributed by atoms with E-state index >= 15 is 0 Å². The second-order valence-electron chi connectivity index (χ2n) is 6.31. The summed E-state index contributed by atoms with van der Waals surface area (Å²) in [5, 5.41) is 12.8. The van der Waals surface area contributed by atoms with Gasteiger partial charge in [0, 0.05) is 18.6 Å². The Hall–Kier alpha value is -1.08. The van der Waals surface area contributed by atoms with Crippen LogP contribution in [-0.4, -0.2) is 36.0 Å². The molecule has 0 spiro atoms. The van der Waals surface area contributed by atoms with Crippen molar-refractivity contribution in [1.82, 2.24) is 10.2 Å². The molecule has 1 N–H and O–H groups in total. The molecule has 4 heteroatoms. The molecule has 2 atom stereocenters. The molecule has 0 bridgehead atoms. The van der Waals surface area contributed by atoms with E-state index in [-0.39, 0.29) is 11.9 Å². The molecule has 2 unspecified atom stereocenters. The van der Waals surface area contributed by atoms with Crippen molar-refractivity contribution < 1.29 is 4.79 Å². The topological polar surface area (TPSA) is 56.1 Å². The first-order chi connectivity index (χ1) is 9.66. The van der Waals surface area contributed by atoms with Gasteiger partial charge in [-0.05, 0) is 38.6 Å². The van der Waals surface area contributed by atoms with Crippen LogP contribution in [0.3, 0.4) is 0 Å². The van der Waals surface area contributed by atoms with Crippen molar-refractivity contribution in [3.05, 3.63) is 0 Å². The van der Waals surface area contributed by atoms with Crippen LogP contribution >= 0.6 is 0 Å². The summed E-state index contributed by atoms with van der Waals surface area (Å²) in [4.78, 5) is 15.2. The Balaban J connectivity index is 2.03. The highest BCUT2D eigenvalue weighted by Gasteiger charge is 2.42. The lowest BCUT2D eigenvalue weighted by Crippen LogP contribution is -2.48. The Morgan fingerprint density at radius 2 is 2.00 bits per heavy atom. The molecule has 20 heavy (non-hydrogen) atoms. The highest BCUT2D eigenvalue weighted by molar-refractivity contribution is 5.85. The molecule has 0 aromatic rings. The quantitative estimate of drug-likeness (QED) is 0.811. The smallest absolute Gasteiger partial charge is 0.240 e. The first-order valence-electron chi connectivity index (χ1n) is 8.13. The highest BCUT2D eigenvalue weighted by atomic mass is 16.2. The number of rotatable bonds is 6. The molecule has 1 amide bonds. The summed E-state index contributed by atoms with van der Waals surface area (Å²) < 4.78 is 0. The van der Waals surface area contributed by atoms with Crippen LogP contribution in [0.25, 0.3) is 0 Å². The monoisotopic (exact) mass is 277 g/mol. The Labute approximate surface area is 122 Å². The second kappa shape index (κ2) is 6.58. The number of nitrogens with one attached hydrogen (secondary N) is 1. The molecular formula is C16H27N3O. The molecule has 2 aliphatic rings. The number of hydrogen-bond donors (Lipinski definition) is 1. The van der Waals surface area contributed by atoms with Gasteiger partial charge in [0.2, 0.25) is 5.91 Å². The largest absolute Gasteiger partial charge is 0.350 e. The van der Waals surface area contributed by atoms with Crippen LogP contribution < -0.4 is 5.32 Å². The number of hydrogen-bond acceptors (Lipinski definition) is 3. The lowest BCUT2D eigenvalue weighted by Gasteiger charge is -2.28. The summed E-state index contributed by atoms with van der Waals surface area (Å²) in [6, 6.07) is 3.09. The van der Waals surface area contributed by atoms with Gasteiger partial charge >= 0.3 is 0 Å². The van der Waals surface area contributed by atoms with Crippen molar-refractivity contribution in [2.75, 3.05) is 13.1 Å². The Morgan fingerprint density at radius 3 is 2.60 bits per heavy atom. The summed E-state index contributed by atoms with van der Waals surface area (Å²) in [5.74, 6) is -0.0255. The van der Waals surface area contributed by atoms with Gasteiger partial charge < -0.3 is 5.32 Å². The van der Waals surface area contributed by atoms with Crippen LogP contribution in [0.1, 0.15) is 58.8 Å². The van der Waals surface area contributed by atoms with Gasteiger partial charge in [-0.2, -0.15) is 5.26 Å². The summed E-state index contributed by atoms with van der Waals surface area (Å²) in [5.41, 5.74) is -0.810. The van der Waals surface area contributed by atoms with Crippen molar-refractivity contribution in [2.45, 2.75) is 70.9 Å². The van der Waals surface area contributed by atoms with Gasteiger partial charge in [-0.15, -0.1) is 0 Å². The SMILES string of the molecule is CCCC(C#N)(CCC)C(=O)NC1CCN2CCCC12. The van der Waals surface area contributed by atoms with E-state index in [0.29, 0.717) is 18.9 Å². The summed E-state index contributed by atoms with van der Waals surface area (Å²) in [6.45, 7) is 6.35. The van der Waals surface area contributed by atoms with Crippen molar-refractivity contribution in [2.24, 2.45) is 5.41 Å². The lowest BCUT2D eigenvalue weighted by atomic mass is 9.79. The minimum Gasteiger partial charge on any atom is -0.350 e. The molecule has 0 radical (unpaired) electrons. The Bertz CT molecular complexity index is 382. The third kappa shape index (κ3) is 2.83. The van der Waals surface area contributed by atoms with Gasteiger partial charge in [0.25, 0.3) is 0 Å². The van der Waals surface area contributed by atoms with E-state index in [4.69, 9.17) is 0 Å². The second-order valence-corrected chi connectivity index (χ2v) is 6.31. The molecule has 112 valence electrons. The fraction of sp³-hybridized carbons (Fsp3) is 0.875. The van der Waals surface area contributed by atoms with Crippen LogP contribution in [0.4, 0.5) is 0 Å². The zero-order chi connectivity index (χ0) is 14.6. The molecule has 0 aromatic carbocycles. The van der Waals surface area contributed by atoms with E-state index < -0.39 is 5.41 Å². The predicted octanol–water partition coefficient (Wildman–Crippen LogP) is 2.45. The first-order valence-corrected chi connectivity index (χ1v) is 8.13. The zero-order valence-corrected chi connectivity index (χ0v) is 12.8. The summed E-state index contributed by atoms with van der Waals surface area (Å²) in [6.07, 6.45) is 6.56. The number of amides is 1. The van der Waals surface area contributed by atoms with Gasteiger partial charge in [-0.25, -0.2) is 0 Å². The van der Waals surface area contributed by atoms with Crippen LogP contribution in [-0.2, 0) is 4.79 Å². The predicted molar refractivity (Wildman–Crippen MR) is 79.0 cm³/mol. The van der Waals surface area contributed by atoms with Crippen molar-refractivity contribution in [3.8, 4) is 6.07 Å². The molecule has 0 saturated carbocycles. The van der Waals surface area contributed by atoms with Gasteiger partial charge in [0.05, 0.1) is 6.07 Å². The van der Waals surface area contributed by atoms with Crippen LogP contribution in [0.15, 0.2) is 0 Å². The number of fused-ring (bicyclic) bond motifs is 1. The molecule has 2 fully saturated rings. The van der Waals surface area contributed by atoms with E-state index in [9.17, 15) is 10.1 Å². The van der Waals surface area contributed by atoms with Gasteiger partial charge in [0.15, 0.2) is 0 Å². The van der Waals surface area contributed by atoms with E-state index in [1.165, 1.54) is 19.4 Å². The highest BCUT2D eigenvalue weighted by Crippen LogP contribution is 2.32. The normalized spacial score (nSPS) is 26.2. The molecule has 0 aliphatic carbocycles. The maximum absolute atomic E-state index is 12.7. The minimum absolute atomic E-state index is 0.0255. The fourth-order valence-corrected chi connectivity index (χ4v) is 3.93. The molecule has 0 aromatic heterocycles. The van der Waals surface area contributed by atoms with Crippen molar-refractivity contribution in [3.63, 3.8) is 0 Å². The number of carbonyl (C=O) groups is 1. The van der Waals surface area contributed by atoms with Gasteiger partial charge in [0.1, 0.15) is 5.41 Å². The molecule has 2 rings (SSSR count). The van der Waals surface area contributed by atoms with E-state index in [0.717, 1.165) is 25.8 Å². The third-order valence-corrected chi connectivity index (χ3v) is 4.92. The van der Waals surface area contributed by atoms with E-state index in [2.05, 4.69) is 16.3 Å². The van der Waals surface area contributed by atoms with Crippen LogP contribution in [0.2, 0.25) is 0 Å². The minimum atomic E-state index is -0.810. The van der Waals surface area contributed by atoms with Gasteiger partial charge in [-0.3, -0.25) is 9.69 Å². The fourth-order valence-electron chi connectivity index (χ4n) is 3.93. The average Bonchev–Trinajstić information content (AvgIpc) is 3.03. The molecular weight excluding hydrogens is 250 g/mol.